The molecule has 4 bridgehead atoms. The molecule has 314 valence electrons. The van der Waals surface area contributed by atoms with Crippen LogP contribution in [0, 0.1) is 68.0 Å². The molecule has 6 fully saturated rings. The fourth-order valence-corrected chi connectivity index (χ4v) is 13.9. The molecule has 0 spiro atoms. The molecule has 12 heteroatoms. The van der Waals surface area contributed by atoms with Crippen molar-refractivity contribution in [3.8, 4) is 0 Å². The summed E-state index contributed by atoms with van der Waals surface area (Å²) in [5.74, 6) is -0.772. The van der Waals surface area contributed by atoms with Crippen LogP contribution in [0.2, 0.25) is 0 Å². The molecule has 0 aromatic rings. The number of hydrogen-bond acceptors (Lipinski definition) is 10. The lowest BCUT2D eigenvalue weighted by Crippen LogP contribution is -2.65. The van der Waals surface area contributed by atoms with Gasteiger partial charge in [-0.15, -0.1) is 0 Å². The van der Waals surface area contributed by atoms with E-state index in [2.05, 4.69) is 33.0 Å². The van der Waals surface area contributed by atoms with Gasteiger partial charge in [-0.05, 0) is 99.7 Å². The van der Waals surface area contributed by atoms with Crippen LogP contribution in [0.15, 0.2) is 0 Å². The molecule has 0 radical (unpaired) electrons. The molecule has 0 heterocycles. The van der Waals surface area contributed by atoms with Gasteiger partial charge in [-0.25, -0.2) is 0 Å². The summed E-state index contributed by atoms with van der Waals surface area (Å²) in [6.45, 7) is 16.2. The first-order valence-corrected chi connectivity index (χ1v) is 20.7. The molecule has 55 heavy (non-hydrogen) atoms. The number of nitrogens with one attached hydrogen (secondary N) is 1. The van der Waals surface area contributed by atoms with E-state index < -0.39 is 52.0 Å². The molecule has 6 saturated carbocycles. The zero-order valence-electron chi connectivity index (χ0n) is 35.4. The second kappa shape index (κ2) is 15.7. The average molecular weight is 778 g/mol. The monoisotopic (exact) mass is 778 g/mol. The fraction of sp³-hybridized carbons (Fsp3) is 0.907. The summed E-state index contributed by atoms with van der Waals surface area (Å²) in [6, 6.07) is 0. The number of ether oxygens (including phenoxy) is 4. The van der Waals surface area contributed by atoms with Gasteiger partial charge in [0.15, 0.2) is 0 Å². The smallest absolute Gasteiger partial charge is 0.312 e. The van der Waals surface area contributed by atoms with Crippen molar-refractivity contribution < 1.29 is 53.4 Å². The number of carbonyl (C=O) groups is 4. The number of ketones is 2. The van der Waals surface area contributed by atoms with Crippen molar-refractivity contribution in [3.05, 3.63) is 0 Å². The average Bonchev–Trinajstić information content (AvgIpc) is 3.68. The third-order valence-corrected chi connectivity index (χ3v) is 17.5. The number of rotatable bonds is 8. The highest BCUT2D eigenvalue weighted by molar-refractivity contribution is 5.87. The van der Waals surface area contributed by atoms with E-state index in [1.807, 2.05) is 20.8 Å². The van der Waals surface area contributed by atoms with Crippen molar-refractivity contribution in [3.63, 3.8) is 0 Å². The van der Waals surface area contributed by atoms with E-state index in [0.29, 0.717) is 12.8 Å². The third-order valence-electron chi connectivity index (χ3n) is 17.5. The van der Waals surface area contributed by atoms with Gasteiger partial charge in [0.25, 0.3) is 0 Å². The van der Waals surface area contributed by atoms with Crippen LogP contribution >= 0.6 is 0 Å². The van der Waals surface area contributed by atoms with E-state index in [4.69, 9.17) is 18.9 Å². The highest BCUT2D eigenvalue weighted by Crippen LogP contribution is 2.69. The van der Waals surface area contributed by atoms with Crippen LogP contribution in [0.3, 0.4) is 0 Å². The highest BCUT2D eigenvalue weighted by Gasteiger charge is 2.70. The first kappa shape index (κ1) is 44.1. The van der Waals surface area contributed by atoms with Crippen LogP contribution in [-0.4, -0.2) is 98.0 Å². The maximum atomic E-state index is 13.1. The number of methoxy groups -OCH3 is 2. The van der Waals surface area contributed by atoms with Gasteiger partial charge >= 0.3 is 5.97 Å². The van der Waals surface area contributed by atoms with E-state index in [-0.39, 0.29) is 90.2 Å². The summed E-state index contributed by atoms with van der Waals surface area (Å²) in [5.41, 5.74) is -3.86. The first-order chi connectivity index (χ1) is 25.6. The molecule has 1 amide bonds. The van der Waals surface area contributed by atoms with Crippen LogP contribution in [0.5, 0.6) is 0 Å². The number of amides is 1. The zero-order valence-corrected chi connectivity index (χ0v) is 35.4. The summed E-state index contributed by atoms with van der Waals surface area (Å²) in [4.78, 5) is 51.6. The van der Waals surface area contributed by atoms with E-state index in [1.54, 1.807) is 21.1 Å². The van der Waals surface area contributed by atoms with Gasteiger partial charge in [0.1, 0.15) is 25.2 Å². The standard InChI is InChI=1S/C22H37NO5.C21H34O6/c1-13-7-9-22-10-8-15(24)17(22)21(13,4)16(25)11-20(3,19(26)23-5)18(14(22)2)28-12-27-6;1-12-6-8-21-9-7-14(22)16(21)20(12,4)15(23)10-19(3,18(24)25)17(13(21)2)27-11-26-5/h13-14,16-18,25H,7-12H2,1-6H3,(H,23,26);12-13,15-17,23H,6-11H2,1-5H3,(H,24,25)/t13-,14+,16-,17?,18+,20-,21+,22?;12-,13+,15-,16?,17+,19-,20+,21?/m11/s1. The van der Waals surface area contributed by atoms with Crippen molar-refractivity contribution in [2.75, 3.05) is 34.9 Å². The molecular weight excluding hydrogens is 706 g/mol. The molecule has 6 aliphatic rings. The quantitative estimate of drug-likeness (QED) is 0.232. The van der Waals surface area contributed by atoms with Gasteiger partial charge < -0.3 is 39.6 Å². The van der Waals surface area contributed by atoms with E-state index in [1.165, 1.54) is 7.11 Å². The van der Waals surface area contributed by atoms with Crippen molar-refractivity contribution in [2.24, 2.45) is 68.0 Å². The largest absolute Gasteiger partial charge is 0.481 e. The van der Waals surface area contributed by atoms with E-state index >= 15 is 0 Å². The highest BCUT2D eigenvalue weighted by atomic mass is 16.7. The molecule has 0 aromatic heterocycles. The van der Waals surface area contributed by atoms with Crippen molar-refractivity contribution in [1.82, 2.24) is 5.32 Å². The van der Waals surface area contributed by atoms with Gasteiger partial charge in [-0.3, -0.25) is 19.2 Å². The molecule has 12 nitrogen and oxygen atoms in total. The van der Waals surface area contributed by atoms with Crippen LogP contribution in [0.4, 0.5) is 0 Å². The summed E-state index contributed by atoms with van der Waals surface area (Å²) in [6.07, 6.45) is 3.98. The van der Waals surface area contributed by atoms with E-state index in [0.717, 1.165) is 38.5 Å². The Labute approximate surface area is 328 Å². The van der Waals surface area contributed by atoms with Crippen molar-refractivity contribution in [1.29, 1.82) is 0 Å². The van der Waals surface area contributed by atoms with Gasteiger partial charge in [0, 0.05) is 56.8 Å². The number of hydrogen-bond donors (Lipinski definition) is 4. The van der Waals surface area contributed by atoms with Crippen molar-refractivity contribution in [2.45, 2.75) is 144 Å². The molecular formula is C43H71NO11. The minimum atomic E-state index is -1.25. The molecule has 4 N–H and O–H groups in total. The summed E-state index contributed by atoms with van der Waals surface area (Å²) >= 11 is 0. The Morgan fingerprint density at radius 3 is 1.44 bits per heavy atom. The van der Waals surface area contributed by atoms with E-state index in [9.17, 15) is 34.5 Å². The maximum Gasteiger partial charge on any atom is 0.312 e. The normalized spacial score (nSPS) is 49.3. The van der Waals surface area contributed by atoms with Crippen molar-refractivity contribution >= 4 is 23.4 Å². The Balaban J connectivity index is 0.000000211. The number of Topliss-reactive ketones (excluding diaryl/α,β-unsaturated/α-hetero) is 2. The molecule has 0 aromatic carbocycles. The Bertz CT molecular complexity index is 1470. The maximum absolute atomic E-state index is 13.1. The van der Waals surface area contributed by atoms with Crippen LogP contribution < -0.4 is 5.32 Å². The molecule has 4 unspecified atom stereocenters. The number of aliphatic hydroxyl groups is 2. The summed E-state index contributed by atoms with van der Waals surface area (Å²) < 4.78 is 22.4. The predicted molar refractivity (Wildman–Crippen MR) is 204 cm³/mol. The second-order valence-electron chi connectivity index (χ2n) is 19.6. The Hall–Kier alpha value is -1.96. The zero-order chi connectivity index (χ0) is 41.1. The summed E-state index contributed by atoms with van der Waals surface area (Å²) in [5, 5.41) is 35.7. The fourth-order valence-electron chi connectivity index (χ4n) is 13.9. The predicted octanol–water partition coefficient (Wildman–Crippen LogP) is 5.40. The lowest BCUT2D eigenvalue weighted by molar-refractivity contribution is -0.227. The minimum absolute atomic E-state index is 0.000671. The lowest BCUT2D eigenvalue weighted by Gasteiger charge is -2.61. The Morgan fingerprint density at radius 2 is 1.07 bits per heavy atom. The molecule has 6 aliphatic carbocycles. The van der Waals surface area contributed by atoms with Crippen LogP contribution in [-0.2, 0) is 38.1 Å². The van der Waals surface area contributed by atoms with Gasteiger partial charge in [0.05, 0.1) is 35.2 Å². The molecule has 16 atom stereocenters. The SMILES string of the molecule is CNC(=O)[C@]1(C)C[C@@H](O)[C@@]2(C)C3C(=O)CCC3(CC[C@H]2C)[C@@H](C)[C@@H]1OCOC.COCO[C@H]1[C@H](C)C23CCC(=O)C2[C@@](C)([C@H](C)CC3)[C@H](O)C[C@@]1(C)C(=O)O. The Morgan fingerprint density at radius 1 is 0.691 bits per heavy atom. The molecule has 6 rings (SSSR count). The van der Waals surface area contributed by atoms with Gasteiger partial charge in [-0.2, -0.15) is 0 Å². The third kappa shape index (κ3) is 6.46. The molecule has 0 aliphatic heterocycles. The lowest BCUT2D eigenvalue weighted by atomic mass is 9.44. The minimum Gasteiger partial charge on any atom is -0.481 e. The van der Waals surface area contributed by atoms with Crippen LogP contribution in [0.1, 0.15) is 120 Å². The number of carboxylic acids is 1. The first-order valence-electron chi connectivity index (χ1n) is 20.7. The molecule has 0 saturated heterocycles. The topological polar surface area (TPSA) is 178 Å². The second-order valence-corrected chi connectivity index (χ2v) is 19.6. The van der Waals surface area contributed by atoms with Gasteiger partial charge in [0.2, 0.25) is 5.91 Å². The number of carbonyl (C=O) groups excluding carboxylic acids is 3. The van der Waals surface area contributed by atoms with Gasteiger partial charge in [-0.1, -0.05) is 41.5 Å². The number of carboxylic acid groups (broad SMARTS) is 1. The Kier molecular flexibility index (Phi) is 12.6. The summed E-state index contributed by atoms with van der Waals surface area (Å²) in [7, 11) is 4.71. The number of aliphatic carboxylic acids is 1. The van der Waals surface area contributed by atoms with Crippen LogP contribution in [0.25, 0.3) is 0 Å². The number of aliphatic hydroxyl groups excluding tert-OH is 2.